The number of rotatable bonds is 3. The van der Waals surface area contributed by atoms with Gasteiger partial charge in [-0.2, -0.15) is 0 Å². The summed E-state index contributed by atoms with van der Waals surface area (Å²) < 4.78 is 6.48. The fraction of sp³-hybridized carbons (Fsp3) is 0.231. The molecular weight excluding hydrogens is 376 g/mol. The van der Waals surface area contributed by atoms with Gasteiger partial charge in [-0.25, -0.2) is 4.98 Å². The molecule has 19 heavy (non-hydrogen) atoms. The van der Waals surface area contributed by atoms with E-state index in [9.17, 15) is 4.79 Å². The van der Waals surface area contributed by atoms with E-state index < -0.39 is 0 Å². The zero-order valence-electron chi connectivity index (χ0n) is 10.5. The summed E-state index contributed by atoms with van der Waals surface area (Å²) in [6.07, 6.45) is 0.689. The summed E-state index contributed by atoms with van der Waals surface area (Å²) in [4.78, 5) is 19.0. The summed E-state index contributed by atoms with van der Waals surface area (Å²) in [6.45, 7) is 1.96. The van der Waals surface area contributed by atoms with Crippen LogP contribution >= 0.6 is 31.9 Å². The Balaban J connectivity index is 2.56. The lowest BCUT2D eigenvalue weighted by molar-refractivity contribution is 0.412. The van der Waals surface area contributed by atoms with Crippen molar-refractivity contribution in [1.82, 2.24) is 9.97 Å². The van der Waals surface area contributed by atoms with E-state index in [-0.39, 0.29) is 5.56 Å². The summed E-state index contributed by atoms with van der Waals surface area (Å²) in [5.41, 5.74) is 1.39. The topological polar surface area (TPSA) is 55.0 Å². The van der Waals surface area contributed by atoms with E-state index in [2.05, 4.69) is 41.8 Å². The second kappa shape index (κ2) is 5.88. The molecule has 1 aromatic carbocycles. The molecule has 4 nitrogen and oxygen atoms in total. The number of methoxy groups -OCH3 is 1. The number of nitrogens with one attached hydrogen (secondary N) is 1. The molecule has 0 aliphatic carbocycles. The minimum atomic E-state index is -0.172. The maximum absolute atomic E-state index is 11.8. The Morgan fingerprint density at radius 1 is 1.37 bits per heavy atom. The van der Waals surface area contributed by atoms with Gasteiger partial charge < -0.3 is 9.72 Å². The van der Waals surface area contributed by atoms with Crippen LogP contribution in [0.15, 0.2) is 31.9 Å². The summed E-state index contributed by atoms with van der Waals surface area (Å²) in [5.74, 6) is 1.28. The van der Waals surface area contributed by atoms with Gasteiger partial charge in [-0.05, 0) is 56.5 Å². The molecule has 0 unspecified atom stereocenters. The van der Waals surface area contributed by atoms with Crippen molar-refractivity contribution in [3.05, 3.63) is 43.2 Å². The Kier molecular flexibility index (Phi) is 4.42. The molecule has 1 aromatic heterocycles. The van der Waals surface area contributed by atoms with Gasteiger partial charge in [0.05, 0.1) is 17.3 Å². The highest BCUT2D eigenvalue weighted by atomic mass is 79.9. The predicted octanol–water partition coefficient (Wildman–Crippen LogP) is 3.53. The van der Waals surface area contributed by atoms with Crippen LogP contribution in [0, 0.1) is 0 Å². The maximum atomic E-state index is 11.8. The van der Waals surface area contributed by atoms with Crippen molar-refractivity contribution in [2.45, 2.75) is 13.3 Å². The van der Waals surface area contributed by atoms with Crippen molar-refractivity contribution in [3.8, 4) is 17.1 Å². The molecule has 0 radical (unpaired) electrons. The summed E-state index contributed by atoms with van der Waals surface area (Å²) in [6, 6.07) is 5.55. The largest absolute Gasteiger partial charge is 0.496 e. The minimum Gasteiger partial charge on any atom is -0.496 e. The molecule has 0 aliphatic heterocycles. The Hall–Kier alpha value is -1.14. The number of aryl methyl sites for hydroxylation is 1. The summed E-state index contributed by atoms with van der Waals surface area (Å²) >= 11 is 6.67. The third kappa shape index (κ3) is 2.90. The molecule has 0 bridgehead atoms. The number of nitrogens with zero attached hydrogens (tertiary/aromatic N) is 1. The zero-order valence-corrected chi connectivity index (χ0v) is 13.6. The number of ether oxygens (including phenoxy) is 1. The third-order valence-electron chi connectivity index (χ3n) is 2.69. The predicted molar refractivity (Wildman–Crippen MR) is 81.6 cm³/mol. The monoisotopic (exact) mass is 386 g/mol. The zero-order chi connectivity index (χ0) is 14.0. The number of aromatic amines is 1. The van der Waals surface area contributed by atoms with Crippen LogP contribution in [0.1, 0.15) is 12.6 Å². The van der Waals surface area contributed by atoms with Crippen molar-refractivity contribution in [3.63, 3.8) is 0 Å². The van der Waals surface area contributed by atoms with Crippen LogP contribution in [0.4, 0.5) is 0 Å². The Morgan fingerprint density at radius 3 is 2.68 bits per heavy atom. The summed E-state index contributed by atoms with van der Waals surface area (Å²) in [7, 11) is 1.61. The molecule has 100 valence electrons. The van der Waals surface area contributed by atoms with Crippen molar-refractivity contribution < 1.29 is 4.74 Å². The first kappa shape index (κ1) is 14.3. The van der Waals surface area contributed by atoms with Gasteiger partial charge in [-0.15, -0.1) is 0 Å². The van der Waals surface area contributed by atoms with E-state index in [1.807, 2.05) is 25.1 Å². The minimum absolute atomic E-state index is 0.172. The van der Waals surface area contributed by atoms with Crippen LogP contribution in [-0.4, -0.2) is 17.1 Å². The lowest BCUT2D eigenvalue weighted by Crippen LogP contribution is -2.13. The molecule has 6 heteroatoms. The fourth-order valence-electron chi connectivity index (χ4n) is 1.69. The van der Waals surface area contributed by atoms with Crippen LogP contribution in [-0.2, 0) is 6.42 Å². The smallest absolute Gasteiger partial charge is 0.265 e. The normalized spacial score (nSPS) is 10.5. The standard InChI is InChI=1S/C13H12Br2N2O2/c1-3-9-11(15)13(18)17-12(16-9)7-4-5-10(19-2)8(14)6-7/h4-6H,3H2,1-2H3,(H,16,17,18). The number of H-pyrrole nitrogens is 1. The number of hydrogen-bond acceptors (Lipinski definition) is 3. The first-order chi connectivity index (χ1) is 9.06. The lowest BCUT2D eigenvalue weighted by atomic mass is 10.2. The highest BCUT2D eigenvalue weighted by Gasteiger charge is 2.10. The SMILES string of the molecule is CCc1nc(-c2ccc(OC)c(Br)c2)[nH]c(=O)c1Br. The molecule has 0 fully saturated rings. The molecule has 0 saturated heterocycles. The van der Waals surface area contributed by atoms with Gasteiger partial charge in [-0.3, -0.25) is 4.79 Å². The van der Waals surface area contributed by atoms with Gasteiger partial charge in [0.25, 0.3) is 5.56 Å². The highest BCUT2D eigenvalue weighted by molar-refractivity contribution is 9.10. The molecule has 2 aromatic rings. The highest BCUT2D eigenvalue weighted by Crippen LogP contribution is 2.29. The van der Waals surface area contributed by atoms with Gasteiger partial charge >= 0.3 is 0 Å². The third-order valence-corrected chi connectivity index (χ3v) is 4.13. The number of hydrogen-bond donors (Lipinski definition) is 1. The fourth-order valence-corrected chi connectivity index (χ4v) is 2.70. The van der Waals surface area contributed by atoms with E-state index in [1.54, 1.807) is 7.11 Å². The Bertz CT molecular complexity index is 668. The van der Waals surface area contributed by atoms with E-state index in [1.165, 1.54) is 0 Å². The van der Waals surface area contributed by atoms with E-state index in [0.717, 1.165) is 21.5 Å². The Labute approximate surface area is 127 Å². The van der Waals surface area contributed by atoms with Crippen LogP contribution in [0.25, 0.3) is 11.4 Å². The van der Waals surface area contributed by atoms with Crippen LogP contribution in [0.2, 0.25) is 0 Å². The lowest BCUT2D eigenvalue weighted by Gasteiger charge is -2.08. The van der Waals surface area contributed by atoms with E-state index >= 15 is 0 Å². The van der Waals surface area contributed by atoms with Gasteiger partial charge in [0.15, 0.2) is 0 Å². The van der Waals surface area contributed by atoms with Gasteiger partial charge in [-0.1, -0.05) is 6.92 Å². The van der Waals surface area contributed by atoms with Crippen LogP contribution in [0.3, 0.4) is 0 Å². The molecule has 0 amide bonds. The molecular formula is C13H12Br2N2O2. The molecule has 2 rings (SSSR count). The summed E-state index contributed by atoms with van der Waals surface area (Å²) in [5, 5.41) is 0. The average molecular weight is 388 g/mol. The van der Waals surface area contributed by atoms with Crippen molar-refractivity contribution >= 4 is 31.9 Å². The first-order valence-electron chi connectivity index (χ1n) is 5.69. The molecule has 0 spiro atoms. The first-order valence-corrected chi connectivity index (χ1v) is 7.28. The van der Waals surface area contributed by atoms with E-state index in [4.69, 9.17) is 4.74 Å². The molecule has 0 saturated carbocycles. The van der Waals surface area contributed by atoms with Gasteiger partial charge in [0, 0.05) is 5.56 Å². The van der Waals surface area contributed by atoms with Gasteiger partial charge in [0.2, 0.25) is 0 Å². The van der Waals surface area contributed by atoms with Gasteiger partial charge in [0.1, 0.15) is 16.0 Å². The number of halogens is 2. The van der Waals surface area contributed by atoms with Crippen LogP contribution in [0.5, 0.6) is 5.75 Å². The number of aromatic nitrogens is 2. The molecule has 1 N–H and O–H groups in total. The number of benzene rings is 1. The van der Waals surface area contributed by atoms with Crippen molar-refractivity contribution in [2.24, 2.45) is 0 Å². The second-order valence-electron chi connectivity index (χ2n) is 3.88. The molecule has 1 heterocycles. The second-order valence-corrected chi connectivity index (χ2v) is 5.53. The maximum Gasteiger partial charge on any atom is 0.265 e. The van der Waals surface area contributed by atoms with E-state index in [0.29, 0.717) is 16.7 Å². The Morgan fingerprint density at radius 2 is 2.11 bits per heavy atom. The molecule has 0 aliphatic rings. The van der Waals surface area contributed by atoms with Crippen molar-refractivity contribution in [2.75, 3.05) is 7.11 Å². The quantitative estimate of drug-likeness (QED) is 0.876. The van der Waals surface area contributed by atoms with Crippen molar-refractivity contribution in [1.29, 1.82) is 0 Å². The van der Waals surface area contributed by atoms with Crippen LogP contribution < -0.4 is 10.3 Å². The average Bonchev–Trinajstić information content (AvgIpc) is 2.41. The molecule has 0 atom stereocenters.